The first-order chi connectivity index (χ1) is 7.35. The molecule has 1 aliphatic carbocycles. The number of hydrogen-bond acceptors (Lipinski definition) is 2. The van der Waals surface area contributed by atoms with E-state index in [2.05, 4.69) is 25.1 Å². The molecule has 0 atom stereocenters. The van der Waals surface area contributed by atoms with Crippen LogP contribution in [0.4, 0.5) is 0 Å². The zero-order chi connectivity index (χ0) is 10.6. The zero-order valence-corrected chi connectivity index (χ0v) is 9.98. The fourth-order valence-electron chi connectivity index (χ4n) is 1.51. The van der Waals surface area contributed by atoms with Gasteiger partial charge in [0.05, 0.1) is 6.61 Å². The first-order valence-corrected chi connectivity index (χ1v) is 6.39. The van der Waals surface area contributed by atoms with E-state index < -0.39 is 0 Å². The Bertz CT molecular complexity index is 293. The first-order valence-electron chi connectivity index (χ1n) is 5.57. The molecule has 1 aliphatic rings. The van der Waals surface area contributed by atoms with Gasteiger partial charge in [0.15, 0.2) is 0 Å². The highest BCUT2D eigenvalue weighted by molar-refractivity contribution is 8.01. The summed E-state index contributed by atoms with van der Waals surface area (Å²) >= 11 is 1.96. The molecule has 0 aromatic heterocycles. The average Bonchev–Trinajstić information content (AvgIpc) is 3.00. The van der Waals surface area contributed by atoms with Gasteiger partial charge in [-0.1, -0.05) is 19.1 Å². The van der Waals surface area contributed by atoms with Gasteiger partial charge in [0.2, 0.25) is 0 Å². The maximum Gasteiger partial charge on any atom is 0.0616 e. The van der Waals surface area contributed by atoms with Gasteiger partial charge in [-0.05, 0) is 37.5 Å². The SMILES string of the molecule is CCCOCC1(Sc2cc[c]cc2)CC1. The summed E-state index contributed by atoms with van der Waals surface area (Å²) in [6.07, 6.45) is 3.70. The second-order valence-electron chi connectivity index (χ2n) is 4.07. The molecule has 2 heteroatoms. The molecule has 1 aromatic carbocycles. The van der Waals surface area contributed by atoms with Gasteiger partial charge < -0.3 is 4.74 Å². The quantitative estimate of drug-likeness (QED) is 0.680. The third kappa shape index (κ3) is 3.25. The van der Waals surface area contributed by atoms with Crippen LogP contribution in [0.3, 0.4) is 0 Å². The fraction of sp³-hybridized carbons (Fsp3) is 0.538. The lowest BCUT2D eigenvalue weighted by molar-refractivity contribution is 0.132. The Morgan fingerprint density at radius 2 is 2.13 bits per heavy atom. The van der Waals surface area contributed by atoms with Crippen LogP contribution in [0.15, 0.2) is 29.2 Å². The minimum absolute atomic E-state index is 0.385. The Hall–Kier alpha value is -0.470. The molecule has 2 rings (SSSR count). The molecule has 1 aromatic rings. The van der Waals surface area contributed by atoms with Crippen LogP contribution in [0, 0.1) is 6.07 Å². The summed E-state index contributed by atoms with van der Waals surface area (Å²) in [5, 5.41) is 0. The van der Waals surface area contributed by atoms with Gasteiger partial charge in [0, 0.05) is 16.2 Å². The Labute approximate surface area is 96.2 Å². The molecule has 81 valence electrons. The van der Waals surface area contributed by atoms with Crippen molar-refractivity contribution < 1.29 is 4.74 Å². The molecule has 0 N–H and O–H groups in total. The van der Waals surface area contributed by atoms with Crippen molar-refractivity contribution in [3.05, 3.63) is 30.3 Å². The number of benzene rings is 1. The second-order valence-corrected chi connectivity index (χ2v) is 5.61. The predicted molar refractivity (Wildman–Crippen MR) is 64.2 cm³/mol. The molecule has 0 heterocycles. The lowest BCUT2D eigenvalue weighted by Crippen LogP contribution is -2.13. The molecular formula is C13H17OS. The molecule has 0 aliphatic heterocycles. The van der Waals surface area contributed by atoms with Crippen molar-refractivity contribution in [3.8, 4) is 0 Å². The standard InChI is InChI=1S/C13H17OS/c1-2-10-14-11-13(8-9-13)15-12-6-4-3-5-7-12/h4-7H,2,8-11H2,1H3. The highest BCUT2D eigenvalue weighted by atomic mass is 32.2. The molecule has 0 saturated heterocycles. The lowest BCUT2D eigenvalue weighted by Gasteiger charge is -2.14. The molecular weight excluding hydrogens is 204 g/mol. The van der Waals surface area contributed by atoms with E-state index in [1.54, 1.807) is 0 Å². The Morgan fingerprint density at radius 1 is 1.40 bits per heavy atom. The molecule has 1 radical (unpaired) electrons. The van der Waals surface area contributed by atoms with E-state index >= 15 is 0 Å². The number of hydrogen-bond donors (Lipinski definition) is 0. The highest BCUT2D eigenvalue weighted by Crippen LogP contribution is 2.51. The second kappa shape index (κ2) is 5.04. The van der Waals surface area contributed by atoms with Gasteiger partial charge in [0.1, 0.15) is 0 Å². The molecule has 1 nitrogen and oxygen atoms in total. The van der Waals surface area contributed by atoms with Crippen LogP contribution in [-0.4, -0.2) is 18.0 Å². The molecule has 0 spiro atoms. The van der Waals surface area contributed by atoms with Crippen LogP contribution < -0.4 is 0 Å². The van der Waals surface area contributed by atoms with Gasteiger partial charge in [0.25, 0.3) is 0 Å². The third-order valence-electron chi connectivity index (χ3n) is 2.54. The summed E-state index contributed by atoms with van der Waals surface area (Å²) in [4.78, 5) is 1.34. The van der Waals surface area contributed by atoms with Crippen molar-refractivity contribution in [1.82, 2.24) is 0 Å². The summed E-state index contributed by atoms with van der Waals surface area (Å²) in [7, 11) is 0. The summed E-state index contributed by atoms with van der Waals surface area (Å²) in [5.74, 6) is 0. The van der Waals surface area contributed by atoms with Crippen molar-refractivity contribution in [1.29, 1.82) is 0 Å². The first kappa shape index (κ1) is 11.0. The maximum atomic E-state index is 5.65. The van der Waals surface area contributed by atoms with Crippen LogP contribution in [0.2, 0.25) is 0 Å². The van der Waals surface area contributed by atoms with Gasteiger partial charge >= 0.3 is 0 Å². The topological polar surface area (TPSA) is 9.23 Å². The molecule has 1 saturated carbocycles. The van der Waals surface area contributed by atoms with E-state index in [0.29, 0.717) is 4.75 Å². The molecule has 0 unspecified atom stereocenters. The molecule has 1 fully saturated rings. The Kier molecular flexibility index (Phi) is 3.71. The van der Waals surface area contributed by atoms with E-state index in [1.807, 2.05) is 23.9 Å². The van der Waals surface area contributed by atoms with E-state index in [1.165, 1.54) is 17.7 Å². The van der Waals surface area contributed by atoms with E-state index in [-0.39, 0.29) is 0 Å². The molecule has 0 bridgehead atoms. The van der Waals surface area contributed by atoms with Gasteiger partial charge in [-0.15, -0.1) is 11.8 Å². The van der Waals surface area contributed by atoms with Crippen molar-refractivity contribution in [2.75, 3.05) is 13.2 Å². The van der Waals surface area contributed by atoms with Crippen LogP contribution >= 0.6 is 11.8 Å². The molecule has 0 amide bonds. The normalized spacial score (nSPS) is 17.7. The van der Waals surface area contributed by atoms with Gasteiger partial charge in [-0.25, -0.2) is 0 Å². The minimum Gasteiger partial charge on any atom is -0.380 e. The number of thioether (sulfide) groups is 1. The largest absolute Gasteiger partial charge is 0.380 e. The summed E-state index contributed by atoms with van der Waals surface area (Å²) in [6.45, 7) is 3.95. The van der Waals surface area contributed by atoms with Gasteiger partial charge in [-0.2, -0.15) is 0 Å². The summed E-state index contributed by atoms with van der Waals surface area (Å²) in [6, 6.07) is 11.3. The van der Waals surface area contributed by atoms with E-state index in [0.717, 1.165) is 19.6 Å². The lowest BCUT2D eigenvalue weighted by atomic mass is 10.4. The van der Waals surface area contributed by atoms with Crippen LogP contribution in [-0.2, 0) is 4.74 Å². The van der Waals surface area contributed by atoms with Crippen molar-refractivity contribution in [2.45, 2.75) is 35.8 Å². The average molecular weight is 221 g/mol. The van der Waals surface area contributed by atoms with Crippen molar-refractivity contribution >= 4 is 11.8 Å². The third-order valence-corrected chi connectivity index (χ3v) is 4.01. The van der Waals surface area contributed by atoms with E-state index in [9.17, 15) is 0 Å². The Balaban J connectivity index is 1.83. The Morgan fingerprint density at radius 3 is 2.73 bits per heavy atom. The molecule has 15 heavy (non-hydrogen) atoms. The maximum absolute atomic E-state index is 5.65. The van der Waals surface area contributed by atoms with Crippen LogP contribution in [0.1, 0.15) is 26.2 Å². The fourth-order valence-corrected chi connectivity index (χ4v) is 2.73. The summed E-state index contributed by atoms with van der Waals surface area (Å²) < 4.78 is 6.04. The summed E-state index contributed by atoms with van der Waals surface area (Å²) in [5.41, 5.74) is 0. The van der Waals surface area contributed by atoms with Crippen LogP contribution in [0.5, 0.6) is 0 Å². The predicted octanol–water partition coefficient (Wildman–Crippen LogP) is 3.54. The number of ether oxygens (including phenoxy) is 1. The van der Waals surface area contributed by atoms with Crippen molar-refractivity contribution in [2.24, 2.45) is 0 Å². The number of rotatable bonds is 6. The zero-order valence-electron chi connectivity index (χ0n) is 9.16. The minimum atomic E-state index is 0.385. The monoisotopic (exact) mass is 221 g/mol. The highest BCUT2D eigenvalue weighted by Gasteiger charge is 2.43. The van der Waals surface area contributed by atoms with Crippen LogP contribution in [0.25, 0.3) is 0 Å². The van der Waals surface area contributed by atoms with Gasteiger partial charge in [-0.3, -0.25) is 0 Å². The van der Waals surface area contributed by atoms with E-state index in [4.69, 9.17) is 4.74 Å². The smallest absolute Gasteiger partial charge is 0.0616 e. The van der Waals surface area contributed by atoms with Crippen molar-refractivity contribution in [3.63, 3.8) is 0 Å².